The molecule has 0 bridgehead atoms. The van der Waals surface area contributed by atoms with Crippen molar-refractivity contribution in [2.45, 2.75) is 11.7 Å². The highest BCUT2D eigenvalue weighted by atomic mass is 32.2. The van der Waals surface area contributed by atoms with Gasteiger partial charge in [0.1, 0.15) is 0 Å². The smallest absolute Gasteiger partial charge is 0.262 e. The molecule has 2 heterocycles. The zero-order chi connectivity index (χ0) is 18.1. The number of ether oxygens (including phenoxy) is 2. The fourth-order valence-corrected chi connectivity index (χ4v) is 3.49. The van der Waals surface area contributed by atoms with Gasteiger partial charge in [0.2, 0.25) is 12.7 Å². The van der Waals surface area contributed by atoms with Gasteiger partial charge in [0.05, 0.1) is 23.2 Å². The van der Waals surface area contributed by atoms with Gasteiger partial charge in [0.25, 0.3) is 5.56 Å². The van der Waals surface area contributed by atoms with Gasteiger partial charge in [-0.2, -0.15) is 0 Å². The molecule has 2 aromatic carbocycles. The molecule has 0 unspecified atom stereocenters. The largest absolute Gasteiger partial charge is 0.454 e. The zero-order valence-electron chi connectivity index (χ0n) is 13.7. The highest BCUT2D eigenvalue weighted by Crippen LogP contribution is 2.32. The lowest BCUT2D eigenvalue weighted by molar-refractivity contribution is -0.115. The number of fused-ring (bicyclic) bond motifs is 2. The maximum Gasteiger partial charge on any atom is 0.262 e. The number of carbonyl (C=O) groups is 1. The van der Waals surface area contributed by atoms with Crippen LogP contribution >= 0.6 is 11.8 Å². The van der Waals surface area contributed by atoms with Gasteiger partial charge in [0.15, 0.2) is 16.7 Å². The highest BCUT2D eigenvalue weighted by Gasteiger charge is 2.16. The van der Waals surface area contributed by atoms with Crippen molar-refractivity contribution in [3.63, 3.8) is 0 Å². The first kappa shape index (κ1) is 16.5. The van der Waals surface area contributed by atoms with Crippen molar-refractivity contribution >= 4 is 28.6 Å². The van der Waals surface area contributed by atoms with Gasteiger partial charge in [-0.15, -0.1) is 0 Å². The second kappa shape index (κ2) is 6.72. The van der Waals surface area contributed by atoms with Crippen LogP contribution in [0.5, 0.6) is 11.5 Å². The molecule has 1 aliphatic heterocycles. The molecule has 0 fully saturated rings. The predicted molar refractivity (Wildman–Crippen MR) is 97.6 cm³/mol. The Morgan fingerprint density at radius 2 is 2.00 bits per heavy atom. The number of thioether (sulfide) groups is 1. The predicted octanol–water partition coefficient (Wildman–Crippen LogP) is 1.75. The number of rotatable bonds is 5. The number of primary amides is 1. The van der Waals surface area contributed by atoms with E-state index in [2.05, 4.69) is 4.98 Å². The molecular weight excluding hydrogens is 354 g/mol. The van der Waals surface area contributed by atoms with E-state index in [0.717, 1.165) is 17.3 Å². The molecule has 0 saturated carbocycles. The summed E-state index contributed by atoms with van der Waals surface area (Å²) >= 11 is 1.15. The summed E-state index contributed by atoms with van der Waals surface area (Å²) < 4.78 is 12.3. The summed E-state index contributed by atoms with van der Waals surface area (Å²) in [6.45, 7) is 0.490. The number of hydrogen-bond donors (Lipinski definition) is 1. The molecule has 1 aromatic heterocycles. The van der Waals surface area contributed by atoms with Crippen molar-refractivity contribution < 1.29 is 14.3 Å². The monoisotopic (exact) mass is 369 g/mol. The van der Waals surface area contributed by atoms with Crippen LogP contribution in [0.15, 0.2) is 52.4 Å². The molecule has 2 N–H and O–H groups in total. The van der Waals surface area contributed by atoms with Crippen LogP contribution in [0.2, 0.25) is 0 Å². The Morgan fingerprint density at radius 1 is 1.19 bits per heavy atom. The van der Waals surface area contributed by atoms with E-state index in [0.29, 0.717) is 34.1 Å². The maximum atomic E-state index is 13.0. The van der Waals surface area contributed by atoms with Gasteiger partial charge < -0.3 is 15.2 Å². The van der Waals surface area contributed by atoms with Gasteiger partial charge in [-0.1, -0.05) is 30.0 Å². The summed E-state index contributed by atoms with van der Waals surface area (Å²) in [6, 6.07) is 12.7. The molecule has 0 radical (unpaired) electrons. The number of nitrogens with zero attached hydrogens (tertiary/aromatic N) is 2. The number of nitrogens with two attached hydrogens (primary N) is 1. The van der Waals surface area contributed by atoms with E-state index in [1.807, 2.05) is 24.3 Å². The molecule has 0 aliphatic carbocycles. The summed E-state index contributed by atoms with van der Waals surface area (Å²) in [4.78, 5) is 28.7. The molecule has 3 aromatic rings. The van der Waals surface area contributed by atoms with Gasteiger partial charge in [0, 0.05) is 0 Å². The van der Waals surface area contributed by atoms with Crippen LogP contribution in [0.3, 0.4) is 0 Å². The van der Waals surface area contributed by atoms with Crippen LogP contribution in [-0.2, 0) is 11.3 Å². The van der Waals surface area contributed by atoms with Crippen molar-refractivity contribution in [3.8, 4) is 11.5 Å². The molecule has 8 heteroatoms. The average molecular weight is 369 g/mol. The van der Waals surface area contributed by atoms with Gasteiger partial charge in [-0.3, -0.25) is 14.2 Å². The number of benzene rings is 2. The fourth-order valence-electron chi connectivity index (χ4n) is 2.75. The minimum Gasteiger partial charge on any atom is -0.454 e. The van der Waals surface area contributed by atoms with Gasteiger partial charge in [-0.25, -0.2) is 4.98 Å². The summed E-state index contributed by atoms with van der Waals surface area (Å²) in [7, 11) is 0. The van der Waals surface area contributed by atoms with E-state index in [9.17, 15) is 9.59 Å². The van der Waals surface area contributed by atoms with E-state index < -0.39 is 5.91 Å². The van der Waals surface area contributed by atoms with Crippen molar-refractivity contribution in [1.82, 2.24) is 9.55 Å². The Morgan fingerprint density at radius 3 is 2.85 bits per heavy atom. The minimum atomic E-state index is -0.466. The first-order valence-electron chi connectivity index (χ1n) is 7.91. The maximum absolute atomic E-state index is 13.0. The Balaban J connectivity index is 1.78. The van der Waals surface area contributed by atoms with Crippen LogP contribution < -0.4 is 20.8 Å². The molecule has 1 amide bonds. The topological polar surface area (TPSA) is 96.4 Å². The van der Waals surface area contributed by atoms with Crippen molar-refractivity contribution in [2.24, 2.45) is 5.73 Å². The quantitative estimate of drug-likeness (QED) is 0.544. The third-order valence-corrected chi connectivity index (χ3v) is 4.95. The number of aromatic nitrogens is 2. The number of hydrogen-bond acceptors (Lipinski definition) is 6. The lowest BCUT2D eigenvalue weighted by Gasteiger charge is -2.13. The van der Waals surface area contributed by atoms with Crippen molar-refractivity contribution in [3.05, 3.63) is 58.4 Å². The van der Waals surface area contributed by atoms with E-state index in [1.165, 1.54) is 0 Å². The molecule has 4 rings (SSSR count). The van der Waals surface area contributed by atoms with Crippen LogP contribution in [0.4, 0.5) is 0 Å². The number of carbonyl (C=O) groups excluding carboxylic acids is 1. The van der Waals surface area contributed by atoms with Gasteiger partial charge >= 0.3 is 0 Å². The molecule has 1 aliphatic rings. The average Bonchev–Trinajstić information content (AvgIpc) is 3.10. The summed E-state index contributed by atoms with van der Waals surface area (Å²) in [5, 5.41) is 0.974. The second-order valence-electron chi connectivity index (χ2n) is 5.75. The Kier molecular flexibility index (Phi) is 4.26. The number of para-hydroxylation sites is 1. The SMILES string of the molecule is NC(=O)CSc1nc2ccccc2c(=O)n1Cc1ccc2c(c1)OCO2. The Labute approximate surface area is 152 Å². The van der Waals surface area contributed by atoms with E-state index in [4.69, 9.17) is 15.2 Å². The third kappa shape index (κ3) is 3.11. The van der Waals surface area contributed by atoms with Crippen LogP contribution in [0.25, 0.3) is 10.9 Å². The highest BCUT2D eigenvalue weighted by molar-refractivity contribution is 7.99. The standard InChI is InChI=1S/C18H15N3O4S/c19-16(22)9-26-18-20-13-4-2-1-3-12(13)17(23)21(18)8-11-5-6-14-15(7-11)25-10-24-14/h1-7H,8-10H2,(H2,19,22). The number of amides is 1. The van der Waals surface area contributed by atoms with Crippen molar-refractivity contribution in [2.75, 3.05) is 12.5 Å². The second-order valence-corrected chi connectivity index (χ2v) is 6.69. The Bertz CT molecular complexity index is 1060. The van der Waals surface area contributed by atoms with Gasteiger partial charge in [-0.05, 0) is 29.8 Å². The normalized spacial score (nSPS) is 12.5. The first-order valence-corrected chi connectivity index (χ1v) is 8.89. The molecule has 0 saturated heterocycles. The third-order valence-electron chi connectivity index (χ3n) is 3.95. The van der Waals surface area contributed by atoms with Crippen LogP contribution in [-0.4, -0.2) is 28.0 Å². The summed E-state index contributed by atoms with van der Waals surface area (Å²) in [5.74, 6) is 0.912. The molecule has 0 atom stereocenters. The lowest BCUT2D eigenvalue weighted by atomic mass is 10.2. The van der Waals surface area contributed by atoms with E-state index >= 15 is 0 Å². The van der Waals surface area contributed by atoms with Crippen molar-refractivity contribution in [1.29, 1.82) is 0 Å². The first-order chi connectivity index (χ1) is 12.6. The molecule has 0 spiro atoms. The molecular formula is C18H15N3O4S. The lowest BCUT2D eigenvalue weighted by Crippen LogP contribution is -2.25. The minimum absolute atomic E-state index is 0.0475. The zero-order valence-corrected chi connectivity index (χ0v) is 14.5. The van der Waals surface area contributed by atoms with Crippen LogP contribution in [0, 0.1) is 0 Å². The molecule has 132 valence electrons. The van der Waals surface area contributed by atoms with E-state index in [-0.39, 0.29) is 18.1 Å². The van der Waals surface area contributed by atoms with Crippen LogP contribution in [0.1, 0.15) is 5.56 Å². The molecule has 7 nitrogen and oxygen atoms in total. The summed E-state index contributed by atoms with van der Waals surface area (Å²) in [5.41, 5.74) is 6.54. The fraction of sp³-hybridized carbons (Fsp3) is 0.167. The Hall–Kier alpha value is -3.00. The molecule has 26 heavy (non-hydrogen) atoms. The van der Waals surface area contributed by atoms with E-state index in [1.54, 1.807) is 22.8 Å². The summed E-state index contributed by atoms with van der Waals surface area (Å²) in [6.07, 6.45) is 0.